The molecule has 2 heterocycles. The summed E-state index contributed by atoms with van der Waals surface area (Å²) < 4.78 is 14.1. The summed E-state index contributed by atoms with van der Waals surface area (Å²) >= 11 is 3.60. The van der Waals surface area contributed by atoms with Crippen molar-refractivity contribution in [3.05, 3.63) is 22.3 Å². The Labute approximate surface area is 125 Å². The molecule has 106 valence electrons. The summed E-state index contributed by atoms with van der Waals surface area (Å²) in [7, 11) is 1.82. The van der Waals surface area contributed by atoms with Gasteiger partial charge in [0.15, 0.2) is 11.5 Å². The Balaban J connectivity index is 2.22. The number of rotatable bonds is 1. The summed E-state index contributed by atoms with van der Waals surface area (Å²) in [6, 6.07) is 1.94. The van der Waals surface area contributed by atoms with Gasteiger partial charge in [0.1, 0.15) is 5.82 Å². The molecule has 2 aromatic rings. The van der Waals surface area contributed by atoms with Crippen molar-refractivity contribution in [3.63, 3.8) is 0 Å². The number of aryl methyl sites for hydroxylation is 1. The normalized spacial score (nSPS) is 14.2. The Morgan fingerprint density at radius 1 is 1.35 bits per heavy atom. The van der Waals surface area contributed by atoms with Gasteiger partial charge in [0.05, 0.1) is 19.4 Å². The van der Waals surface area contributed by atoms with E-state index < -0.39 is 0 Å². The maximum absolute atomic E-state index is 6.09. The van der Waals surface area contributed by atoms with E-state index in [9.17, 15) is 0 Å². The molecular formula is C14H16BrN3O2. The van der Waals surface area contributed by atoms with Crippen molar-refractivity contribution < 1.29 is 9.47 Å². The van der Waals surface area contributed by atoms with Crippen LogP contribution in [0, 0.1) is 6.92 Å². The summed E-state index contributed by atoms with van der Waals surface area (Å²) in [5.74, 6) is 2.20. The van der Waals surface area contributed by atoms with Gasteiger partial charge in [-0.05, 0) is 28.9 Å². The fourth-order valence-corrected chi connectivity index (χ4v) is 3.12. The lowest BCUT2D eigenvalue weighted by molar-refractivity contribution is 0.296. The zero-order chi connectivity index (χ0) is 14.3. The first-order chi connectivity index (χ1) is 9.59. The Kier molecular flexibility index (Phi) is 3.33. The van der Waals surface area contributed by atoms with Gasteiger partial charge in [-0.25, -0.2) is 0 Å². The molecule has 0 atom stereocenters. The number of halogens is 1. The number of hydrogen-bond acceptors (Lipinski definition) is 4. The molecule has 0 unspecified atom stereocenters. The molecule has 6 heteroatoms. The molecule has 0 saturated heterocycles. The molecule has 0 saturated carbocycles. The lowest BCUT2D eigenvalue weighted by Crippen LogP contribution is -2.00. The molecule has 2 N–H and O–H groups in total. The van der Waals surface area contributed by atoms with Crippen molar-refractivity contribution in [2.75, 3.05) is 18.9 Å². The van der Waals surface area contributed by atoms with Crippen LogP contribution in [0.5, 0.6) is 11.5 Å². The Morgan fingerprint density at radius 3 is 2.80 bits per heavy atom. The summed E-state index contributed by atoms with van der Waals surface area (Å²) in [5, 5.41) is 4.20. The predicted molar refractivity (Wildman–Crippen MR) is 81.1 cm³/mol. The van der Waals surface area contributed by atoms with Gasteiger partial charge in [0.25, 0.3) is 0 Å². The zero-order valence-electron chi connectivity index (χ0n) is 11.4. The molecule has 0 bridgehead atoms. The van der Waals surface area contributed by atoms with E-state index in [1.807, 2.05) is 20.0 Å². The van der Waals surface area contributed by atoms with Crippen molar-refractivity contribution in [2.45, 2.75) is 13.3 Å². The van der Waals surface area contributed by atoms with Crippen LogP contribution >= 0.6 is 15.9 Å². The molecule has 0 radical (unpaired) electrons. The fraction of sp³-hybridized carbons (Fsp3) is 0.357. The summed E-state index contributed by atoms with van der Waals surface area (Å²) in [6.45, 7) is 3.35. The zero-order valence-corrected chi connectivity index (χ0v) is 13.0. The highest BCUT2D eigenvalue weighted by atomic mass is 79.9. The third-order valence-corrected chi connectivity index (χ3v) is 4.11. The number of nitrogen functional groups attached to an aromatic ring is 1. The number of hydrogen-bond donors (Lipinski definition) is 1. The van der Waals surface area contributed by atoms with Gasteiger partial charge in [0.2, 0.25) is 0 Å². The van der Waals surface area contributed by atoms with Crippen molar-refractivity contribution in [1.29, 1.82) is 0 Å². The van der Waals surface area contributed by atoms with Crippen LogP contribution in [-0.2, 0) is 7.05 Å². The van der Waals surface area contributed by atoms with E-state index in [0.29, 0.717) is 19.0 Å². The smallest absolute Gasteiger partial charge is 0.164 e. The predicted octanol–water partition coefficient (Wildman–Crippen LogP) is 2.90. The van der Waals surface area contributed by atoms with Gasteiger partial charge in [0, 0.05) is 34.6 Å². The summed E-state index contributed by atoms with van der Waals surface area (Å²) in [6.07, 6.45) is 2.66. The maximum atomic E-state index is 6.09. The molecule has 0 aliphatic carbocycles. The average molecular weight is 338 g/mol. The van der Waals surface area contributed by atoms with E-state index in [1.165, 1.54) is 0 Å². The average Bonchev–Trinajstić information content (AvgIpc) is 2.65. The Morgan fingerprint density at radius 2 is 2.10 bits per heavy atom. The highest BCUT2D eigenvalue weighted by Crippen LogP contribution is 2.45. The summed E-state index contributed by atoms with van der Waals surface area (Å²) in [5.41, 5.74) is 8.99. The number of ether oxygens (including phenoxy) is 2. The maximum Gasteiger partial charge on any atom is 0.164 e. The van der Waals surface area contributed by atoms with Crippen LogP contribution in [0.15, 0.2) is 16.7 Å². The van der Waals surface area contributed by atoms with Gasteiger partial charge >= 0.3 is 0 Å². The van der Waals surface area contributed by atoms with Crippen molar-refractivity contribution in [3.8, 4) is 22.6 Å². The number of aromatic nitrogens is 2. The van der Waals surface area contributed by atoms with Crippen LogP contribution in [-0.4, -0.2) is 23.0 Å². The molecule has 1 aromatic heterocycles. The van der Waals surface area contributed by atoms with E-state index in [4.69, 9.17) is 15.2 Å². The molecule has 0 spiro atoms. The SMILES string of the molecule is Cc1c2c(cc(Br)c1-c1cnn(C)c1N)OCCCO2. The molecule has 1 aliphatic rings. The quantitative estimate of drug-likeness (QED) is 0.869. The van der Waals surface area contributed by atoms with Crippen molar-refractivity contribution in [2.24, 2.45) is 7.05 Å². The first-order valence-electron chi connectivity index (χ1n) is 6.46. The molecular weight excluding hydrogens is 322 g/mol. The second kappa shape index (κ2) is 5.01. The Bertz CT molecular complexity index is 667. The number of fused-ring (bicyclic) bond motifs is 1. The van der Waals surface area contributed by atoms with Crippen molar-refractivity contribution >= 4 is 21.7 Å². The first-order valence-corrected chi connectivity index (χ1v) is 7.25. The monoisotopic (exact) mass is 337 g/mol. The molecule has 1 aromatic carbocycles. The molecule has 20 heavy (non-hydrogen) atoms. The van der Waals surface area contributed by atoms with Crippen LogP contribution in [0.3, 0.4) is 0 Å². The number of benzene rings is 1. The highest BCUT2D eigenvalue weighted by molar-refractivity contribution is 9.10. The van der Waals surface area contributed by atoms with E-state index in [-0.39, 0.29) is 0 Å². The van der Waals surface area contributed by atoms with Crippen LogP contribution in [0.4, 0.5) is 5.82 Å². The second-order valence-electron chi connectivity index (χ2n) is 4.80. The molecule has 3 rings (SSSR count). The third-order valence-electron chi connectivity index (χ3n) is 3.48. The van der Waals surface area contributed by atoms with Gasteiger partial charge in [-0.3, -0.25) is 4.68 Å². The van der Waals surface area contributed by atoms with E-state index in [1.54, 1.807) is 10.9 Å². The fourth-order valence-electron chi connectivity index (χ4n) is 2.40. The largest absolute Gasteiger partial charge is 0.490 e. The van der Waals surface area contributed by atoms with Gasteiger partial charge in [-0.1, -0.05) is 0 Å². The number of anilines is 1. The van der Waals surface area contributed by atoms with Gasteiger partial charge in [-0.2, -0.15) is 5.10 Å². The summed E-state index contributed by atoms with van der Waals surface area (Å²) in [4.78, 5) is 0. The van der Waals surface area contributed by atoms with Crippen LogP contribution in [0.1, 0.15) is 12.0 Å². The lowest BCUT2D eigenvalue weighted by atomic mass is 10.0. The minimum Gasteiger partial charge on any atom is -0.490 e. The minimum absolute atomic E-state index is 0.628. The van der Waals surface area contributed by atoms with Crippen LogP contribution in [0.25, 0.3) is 11.1 Å². The molecule has 0 amide bonds. The van der Waals surface area contributed by atoms with Crippen LogP contribution in [0.2, 0.25) is 0 Å². The van der Waals surface area contributed by atoms with E-state index in [2.05, 4.69) is 21.0 Å². The van der Waals surface area contributed by atoms with E-state index in [0.717, 1.165) is 39.1 Å². The molecule has 5 nitrogen and oxygen atoms in total. The standard InChI is InChI=1S/C14H16BrN3O2/c1-8-12(9-7-17-18(2)14(9)16)10(15)6-11-13(8)20-5-3-4-19-11/h6-7H,3-5,16H2,1-2H3. The van der Waals surface area contributed by atoms with Crippen LogP contribution < -0.4 is 15.2 Å². The topological polar surface area (TPSA) is 62.3 Å². The first kappa shape index (κ1) is 13.3. The second-order valence-corrected chi connectivity index (χ2v) is 5.66. The minimum atomic E-state index is 0.628. The third kappa shape index (κ3) is 2.04. The van der Waals surface area contributed by atoms with E-state index >= 15 is 0 Å². The number of nitrogens with two attached hydrogens (primary N) is 1. The Hall–Kier alpha value is -1.69. The highest BCUT2D eigenvalue weighted by Gasteiger charge is 2.22. The lowest BCUT2D eigenvalue weighted by Gasteiger charge is -2.16. The molecule has 0 fully saturated rings. The van der Waals surface area contributed by atoms with Gasteiger partial charge in [-0.15, -0.1) is 0 Å². The number of nitrogens with zero attached hydrogens (tertiary/aromatic N) is 2. The molecule has 1 aliphatic heterocycles. The van der Waals surface area contributed by atoms with Gasteiger partial charge < -0.3 is 15.2 Å². The van der Waals surface area contributed by atoms with Crippen molar-refractivity contribution in [1.82, 2.24) is 9.78 Å².